The van der Waals surface area contributed by atoms with Gasteiger partial charge in [-0.2, -0.15) is 0 Å². The van der Waals surface area contributed by atoms with Gasteiger partial charge >= 0.3 is 0 Å². The highest BCUT2D eigenvalue weighted by molar-refractivity contribution is 5.70. The number of hydrogen-bond donors (Lipinski definition) is 1. The summed E-state index contributed by atoms with van der Waals surface area (Å²) in [4.78, 5) is 6.33. The second-order valence-electron chi connectivity index (χ2n) is 10.2. The molecule has 0 amide bonds. The molecule has 6 heteroatoms. The van der Waals surface area contributed by atoms with E-state index in [0.717, 1.165) is 37.4 Å². The number of ether oxygens (including phenoxy) is 3. The molecule has 4 atom stereocenters. The van der Waals surface area contributed by atoms with E-state index in [1.54, 1.807) is 0 Å². The van der Waals surface area contributed by atoms with E-state index < -0.39 is 22.9 Å². The predicted molar refractivity (Wildman–Crippen MR) is 109 cm³/mol. The van der Waals surface area contributed by atoms with Crippen LogP contribution in [0.15, 0.2) is 12.1 Å². The fraction of sp³-hybridized carbons (Fsp3) is 0.708. The van der Waals surface area contributed by atoms with E-state index >= 15 is 0 Å². The fourth-order valence-electron chi connectivity index (χ4n) is 7.67. The summed E-state index contributed by atoms with van der Waals surface area (Å²) in [5.41, 5.74) is 1.44. The van der Waals surface area contributed by atoms with E-state index in [0.29, 0.717) is 37.5 Å². The molecule has 158 valence electrons. The molecule has 1 aromatic rings. The molecule has 6 nitrogen and oxygen atoms in total. The maximum Gasteiger partial charge on any atom is 0.228 e. The largest absolute Gasteiger partial charge is 0.494 e. The Morgan fingerprint density at radius 1 is 1.17 bits per heavy atom. The fourth-order valence-corrected chi connectivity index (χ4v) is 7.67. The molecule has 2 spiro atoms. The number of piperidine rings is 1. The zero-order chi connectivity index (χ0) is 20.1. The van der Waals surface area contributed by atoms with Gasteiger partial charge in [0.25, 0.3) is 0 Å². The third-order valence-electron chi connectivity index (χ3n) is 9.19. The minimum atomic E-state index is -0.876. The van der Waals surface area contributed by atoms with Crippen LogP contribution in [0.1, 0.15) is 49.7 Å². The van der Waals surface area contributed by atoms with Gasteiger partial charge < -0.3 is 19.3 Å². The summed E-state index contributed by atoms with van der Waals surface area (Å²) in [7, 11) is 0. The molecule has 0 radical (unpaired) electrons. The topological polar surface area (TPSA) is 55.5 Å². The van der Waals surface area contributed by atoms with Crippen LogP contribution >= 0.6 is 0 Å². The van der Waals surface area contributed by atoms with Gasteiger partial charge in [0.2, 0.25) is 11.5 Å². The Labute approximate surface area is 176 Å². The highest BCUT2D eigenvalue weighted by atomic mass is 16.8. The first-order valence-corrected chi connectivity index (χ1v) is 11.6. The van der Waals surface area contributed by atoms with Gasteiger partial charge in [-0.3, -0.25) is 4.90 Å². The summed E-state index contributed by atoms with van der Waals surface area (Å²) < 4.78 is 19.0. The molecule has 2 bridgehead atoms. The molecule has 3 aliphatic carbocycles. The smallest absolute Gasteiger partial charge is 0.228 e. The van der Waals surface area contributed by atoms with Crippen molar-refractivity contribution in [3.63, 3.8) is 0 Å². The molecule has 2 saturated carbocycles. The van der Waals surface area contributed by atoms with Crippen molar-refractivity contribution >= 4 is 5.69 Å². The van der Waals surface area contributed by atoms with Crippen LogP contribution in [0, 0.1) is 12.5 Å². The molecule has 7 rings (SSSR count). The van der Waals surface area contributed by atoms with Crippen molar-refractivity contribution in [2.45, 2.75) is 73.9 Å². The van der Waals surface area contributed by atoms with E-state index in [1.807, 2.05) is 6.07 Å². The molecule has 30 heavy (non-hydrogen) atoms. The van der Waals surface area contributed by atoms with Crippen LogP contribution < -0.4 is 4.74 Å². The van der Waals surface area contributed by atoms with Gasteiger partial charge in [-0.25, -0.2) is 4.85 Å². The average Bonchev–Trinajstić information content (AvgIpc) is 3.32. The van der Waals surface area contributed by atoms with Gasteiger partial charge in [-0.1, -0.05) is 18.6 Å². The van der Waals surface area contributed by atoms with Crippen LogP contribution in [0.4, 0.5) is 5.69 Å². The van der Waals surface area contributed by atoms with Crippen molar-refractivity contribution in [3.05, 3.63) is 34.7 Å². The highest BCUT2D eigenvalue weighted by Crippen LogP contribution is 2.68. The maximum absolute atomic E-state index is 12.5. The van der Waals surface area contributed by atoms with Crippen molar-refractivity contribution in [2.75, 3.05) is 26.3 Å². The lowest BCUT2D eigenvalue weighted by atomic mass is 9.48. The van der Waals surface area contributed by atoms with Crippen LogP contribution in [0.25, 0.3) is 4.85 Å². The summed E-state index contributed by atoms with van der Waals surface area (Å²) in [6.07, 6.45) is 6.54. The zero-order valence-corrected chi connectivity index (χ0v) is 17.2. The first-order chi connectivity index (χ1) is 14.6. The zero-order valence-electron chi connectivity index (χ0n) is 17.2. The van der Waals surface area contributed by atoms with Gasteiger partial charge in [0.15, 0.2) is 6.10 Å². The third-order valence-corrected chi connectivity index (χ3v) is 9.19. The molecular weight excluding hydrogens is 380 g/mol. The van der Waals surface area contributed by atoms with Gasteiger partial charge in [0.1, 0.15) is 5.75 Å². The van der Waals surface area contributed by atoms with Crippen LogP contribution in [0.2, 0.25) is 0 Å². The second-order valence-corrected chi connectivity index (χ2v) is 10.2. The number of fused-ring (bicyclic) bond motifs is 1. The molecule has 1 aromatic carbocycles. The molecule has 3 aliphatic heterocycles. The summed E-state index contributed by atoms with van der Waals surface area (Å²) in [6, 6.07) is 4.10. The van der Waals surface area contributed by atoms with Gasteiger partial charge in [-0.15, -0.1) is 0 Å². The standard InChI is InChI=1S/C24H28N2O4/c1-25-17-6-5-16-13-18-23(27)7-8-24(28-11-12-29-24)21-22(23,19(16)20(17)30-21)9-10-26(18)14-15-3-2-4-15/h5-6,15,18,21,27H,2-4,7-14H2/t18-,21?,22+,23?/m1/s1. The van der Waals surface area contributed by atoms with Crippen LogP contribution in [0.5, 0.6) is 5.75 Å². The molecular formula is C24H28N2O4. The number of aliphatic hydroxyl groups is 1. The van der Waals surface area contributed by atoms with E-state index in [4.69, 9.17) is 20.8 Å². The molecule has 2 saturated heterocycles. The Morgan fingerprint density at radius 2 is 2.00 bits per heavy atom. The maximum atomic E-state index is 12.5. The molecule has 3 heterocycles. The molecule has 1 N–H and O–H groups in total. The number of hydrogen-bond acceptors (Lipinski definition) is 5. The Bertz CT molecular complexity index is 963. The van der Waals surface area contributed by atoms with E-state index in [-0.39, 0.29) is 6.04 Å². The summed E-state index contributed by atoms with van der Waals surface area (Å²) in [6.45, 7) is 10.9. The quantitative estimate of drug-likeness (QED) is 0.763. The number of rotatable bonds is 2. The first-order valence-electron chi connectivity index (χ1n) is 11.6. The van der Waals surface area contributed by atoms with Crippen molar-refractivity contribution in [1.82, 2.24) is 4.90 Å². The Kier molecular flexibility index (Phi) is 3.46. The monoisotopic (exact) mass is 408 g/mol. The normalized spacial score (nSPS) is 40.5. The highest BCUT2D eigenvalue weighted by Gasteiger charge is 2.77. The summed E-state index contributed by atoms with van der Waals surface area (Å²) in [5, 5.41) is 12.5. The molecule has 0 aromatic heterocycles. The first kappa shape index (κ1) is 18.0. The molecule has 4 fully saturated rings. The average molecular weight is 408 g/mol. The minimum absolute atomic E-state index is 0.0916. The number of likely N-dealkylation sites (tertiary alicyclic amines) is 1. The van der Waals surface area contributed by atoms with Crippen molar-refractivity contribution in [1.29, 1.82) is 0 Å². The van der Waals surface area contributed by atoms with E-state index in [2.05, 4.69) is 15.8 Å². The lowest BCUT2D eigenvalue weighted by Crippen LogP contribution is -2.79. The van der Waals surface area contributed by atoms with Gasteiger partial charge in [-0.05, 0) is 55.7 Å². The lowest BCUT2D eigenvalue weighted by molar-refractivity contribution is -0.297. The molecule has 2 unspecified atom stereocenters. The minimum Gasteiger partial charge on any atom is -0.494 e. The van der Waals surface area contributed by atoms with E-state index in [1.165, 1.54) is 24.8 Å². The van der Waals surface area contributed by atoms with Crippen molar-refractivity contribution in [2.24, 2.45) is 5.92 Å². The van der Waals surface area contributed by atoms with Gasteiger partial charge in [0, 0.05) is 19.0 Å². The summed E-state index contributed by atoms with van der Waals surface area (Å²) in [5.74, 6) is 0.646. The summed E-state index contributed by atoms with van der Waals surface area (Å²) >= 11 is 0. The SMILES string of the molecule is [C-]#[N+]c1ccc2c3c1OC1C4(CCC5(O)[C@@H](C2)N(CC2CCC2)CC[C@]315)OCCO4. The Hall–Kier alpha value is -1.65. The van der Waals surface area contributed by atoms with Crippen molar-refractivity contribution in [3.8, 4) is 5.75 Å². The van der Waals surface area contributed by atoms with Gasteiger partial charge in [0.05, 0.1) is 30.8 Å². The van der Waals surface area contributed by atoms with Crippen LogP contribution in [0.3, 0.4) is 0 Å². The van der Waals surface area contributed by atoms with Crippen molar-refractivity contribution < 1.29 is 19.3 Å². The van der Waals surface area contributed by atoms with Crippen LogP contribution in [-0.4, -0.2) is 59.8 Å². The second kappa shape index (κ2) is 5.77. The molecule has 6 aliphatic rings. The number of benzene rings is 1. The predicted octanol–water partition coefficient (Wildman–Crippen LogP) is 2.93. The number of nitrogens with zero attached hydrogens (tertiary/aromatic N) is 2. The Balaban J connectivity index is 1.42. The van der Waals surface area contributed by atoms with E-state index in [9.17, 15) is 5.11 Å². The van der Waals surface area contributed by atoms with Crippen LogP contribution in [-0.2, 0) is 21.3 Å². The lowest BCUT2D eigenvalue weighted by Gasteiger charge is -2.65. The third kappa shape index (κ3) is 1.90. The Morgan fingerprint density at radius 3 is 2.73 bits per heavy atom.